The molecule has 0 fully saturated rings. The van der Waals surface area contributed by atoms with Gasteiger partial charge < -0.3 is 0 Å². The van der Waals surface area contributed by atoms with Crippen LogP contribution in [0.2, 0.25) is 0 Å². The summed E-state index contributed by atoms with van der Waals surface area (Å²) in [6, 6.07) is 0. The molecule has 0 N–H and O–H groups in total. The van der Waals surface area contributed by atoms with Crippen molar-refractivity contribution >= 4 is 11.8 Å². The average molecular weight is 173 g/mol. The molecular formula is C7H15N3S. The molecule has 0 rings (SSSR count). The fourth-order valence-corrected chi connectivity index (χ4v) is 1.66. The summed E-state index contributed by atoms with van der Waals surface area (Å²) in [4.78, 5) is 2.69. The van der Waals surface area contributed by atoms with Gasteiger partial charge in [-0.15, -0.1) is 0 Å². The van der Waals surface area contributed by atoms with Gasteiger partial charge in [0.05, 0.1) is 0 Å². The molecule has 0 radical (unpaired) electrons. The van der Waals surface area contributed by atoms with Crippen LogP contribution in [0.15, 0.2) is 5.11 Å². The summed E-state index contributed by atoms with van der Waals surface area (Å²) in [5.74, 6) is 2.37. The highest BCUT2D eigenvalue weighted by Crippen LogP contribution is 2.05. The molecule has 4 heteroatoms. The van der Waals surface area contributed by atoms with Crippen molar-refractivity contribution in [3.05, 3.63) is 10.4 Å². The molecule has 0 aliphatic rings. The van der Waals surface area contributed by atoms with E-state index in [4.69, 9.17) is 5.53 Å². The van der Waals surface area contributed by atoms with Crippen molar-refractivity contribution < 1.29 is 0 Å². The van der Waals surface area contributed by atoms with Crippen LogP contribution in [0.3, 0.4) is 0 Å². The number of nitrogens with zero attached hydrogens (tertiary/aromatic N) is 3. The third-order valence-corrected chi connectivity index (χ3v) is 2.41. The van der Waals surface area contributed by atoms with Gasteiger partial charge in [-0.3, -0.25) is 0 Å². The molecule has 0 aromatic heterocycles. The van der Waals surface area contributed by atoms with E-state index in [1.54, 1.807) is 0 Å². The number of hydrogen-bond acceptors (Lipinski definition) is 2. The first-order valence-corrected chi connectivity index (χ1v) is 5.16. The molecule has 0 amide bonds. The molecule has 0 aliphatic heterocycles. The average Bonchev–Trinajstić information content (AvgIpc) is 2.03. The van der Waals surface area contributed by atoms with Gasteiger partial charge in [0.2, 0.25) is 0 Å². The van der Waals surface area contributed by atoms with Crippen molar-refractivity contribution in [2.24, 2.45) is 5.11 Å². The predicted molar refractivity (Wildman–Crippen MR) is 50.9 cm³/mol. The van der Waals surface area contributed by atoms with Crippen molar-refractivity contribution in [2.45, 2.75) is 26.2 Å². The van der Waals surface area contributed by atoms with Crippen LogP contribution >= 0.6 is 11.8 Å². The zero-order chi connectivity index (χ0) is 8.36. The predicted octanol–water partition coefficient (Wildman–Crippen LogP) is 3.22. The van der Waals surface area contributed by atoms with Crippen LogP contribution in [0, 0.1) is 0 Å². The summed E-state index contributed by atoms with van der Waals surface area (Å²) in [6.45, 7) is 2.84. The molecule has 0 heterocycles. The first-order chi connectivity index (χ1) is 5.41. The maximum atomic E-state index is 7.96. The molecule has 0 aromatic carbocycles. The van der Waals surface area contributed by atoms with Crippen LogP contribution in [0.4, 0.5) is 0 Å². The van der Waals surface area contributed by atoms with Crippen LogP contribution in [0.25, 0.3) is 10.4 Å². The molecule has 11 heavy (non-hydrogen) atoms. The minimum absolute atomic E-state index is 0.648. The normalized spacial score (nSPS) is 9.18. The first kappa shape index (κ1) is 10.7. The Hall–Kier alpha value is -0.340. The second-order valence-corrected chi connectivity index (χ2v) is 3.50. The van der Waals surface area contributed by atoms with Crippen molar-refractivity contribution in [1.29, 1.82) is 0 Å². The van der Waals surface area contributed by atoms with Gasteiger partial charge in [-0.05, 0) is 29.9 Å². The SMILES string of the molecule is CCCCSCCCN=[N+]=[N-]. The van der Waals surface area contributed by atoms with Gasteiger partial charge in [-0.2, -0.15) is 11.8 Å². The van der Waals surface area contributed by atoms with Crippen molar-refractivity contribution in [3.8, 4) is 0 Å². The van der Waals surface area contributed by atoms with E-state index in [2.05, 4.69) is 16.9 Å². The lowest BCUT2D eigenvalue weighted by Gasteiger charge is -1.96. The molecule has 0 spiro atoms. The quantitative estimate of drug-likeness (QED) is 0.252. The second-order valence-electron chi connectivity index (χ2n) is 2.27. The molecule has 0 saturated carbocycles. The van der Waals surface area contributed by atoms with E-state index in [1.165, 1.54) is 18.6 Å². The Kier molecular flexibility index (Phi) is 9.36. The monoisotopic (exact) mass is 173 g/mol. The molecule has 0 saturated heterocycles. The molecule has 0 aromatic rings. The van der Waals surface area contributed by atoms with Gasteiger partial charge >= 0.3 is 0 Å². The van der Waals surface area contributed by atoms with Crippen LogP contribution in [-0.4, -0.2) is 18.1 Å². The third kappa shape index (κ3) is 9.66. The van der Waals surface area contributed by atoms with Gasteiger partial charge in [0.1, 0.15) is 0 Å². The number of azide groups is 1. The number of unbranched alkanes of at least 4 members (excludes halogenated alkanes) is 1. The third-order valence-electron chi connectivity index (χ3n) is 1.25. The van der Waals surface area contributed by atoms with Crippen LogP contribution in [-0.2, 0) is 0 Å². The Balaban J connectivity index is 2.84. The zero-order valence-corrected chi connectivity index (χ0v) is 7.81. The Morgan fingerprint density at radius 1 is 1.36 bits per heavy atom. The molecule has 0 aliphatic carbocycles. The lowest BCUT2D eigenvalue weighted by molar-refractivity contribution is 0.889. The molecule has 0 atom stereocenters. The zero-order valence-electron chi connectivity index (χ0n) is 6.99. The summed E-state index contributed by atoms with van der Waals surface area (Å²) in [7, 11) is 0. The standard InChI is InChI=1S/C7H15N3S/c1-2-3-6-11-7-4-5-9-10-8/h2-7H2,1H3. The minimum atomic E-state index is 0.648. The van der Waals surface area contributed by atoms with E-state index in [0.29, 0.717) is 6.54 Å². The Labute approximate surface area is 72.2 Å². The highest BCUT2D eigenvalue weighted by molar-refractivity contribution is 7.99. The van der Waals surface area contributed by atoms with Crippen molar-refractivity contribution in [2.75, 3.05) is 18.1 Å². The van der Waals surface area contributed by atoms with Gasteiger partial charge in [0.15, 0.2) is 0 Å². The second kappa shape index (κ2) is 9.66. The molecule has 3 nitrogen and oxygen atoms in total. The summed E-state index contributed by atoms with van der Waals surface area (Å²) in [6.07, 6.45) is 3.58. The fraction of sp³-hybridized carbons (Fsp3) is 1.00. The Morgan fingerprint density at radius 2 is 2.09 bits per heavy atom. The smallest absolute Gasteiger partial charge is 0.0265 e. The van der Waals surface area contributed by atoms with Crippen molar-refractivity contribution in [1.82, 2.24) is 0 Å². The number of rotatable bonds is 7. The topological polar surface area (TPSA) is 48.8 Å². The largest absolute Gasteiger partial charge is 0.162 e. The van der Waals surface area contributed by atoms with Gasteiger partial charge in [-0.25, -0.2) is 0 Å². The summed E-state index contributed by atoms with van der Waals surface area (Å²) >= 11 is 1.94. The Morgan fingerprint density at radius 3 is 2.73 bits per heavy atom. The highest BCUT2D eigenvalue weighted by atomic mass is 32.2. The van der Waals surface area contributed by atoms with E-state index < -0.39 is 0 Å². The summed E-state index contributed by atoms with van der Waals surface area (Å²) in [5, 5.41) is 3.46. The lowest BCUT2D eigenvalue weighted by Crippen LogP contribution is -1.85. The molecule has 64 valence electrons. The van der Waals surface area contributed by atoms with Gasteiger partial charge in [0.25, 0.3) is 0 Å². The van der Waals surface area contributed by atoms with Gasteiger partial charge in [0, 0.05) is 11.5 Å². The van der Waals surface area contributed by atoms with E-state index in [0.717, 1.165) is 12.2 Å². The fourth-order valence-electron chi connectivity index (χ4n) is 0.631. The number of hydrogen-bond donors (Lipinski definition) is 0. The van der Waals surface area contributed by atoms with E-state index in [1.807, 2.05) is 11.8 Å². The van der Waals surface area contributed by atoms with Gasteiger partial charge in [-0.1, -0.05) is 18.5 Å². The first-order valence-electron chi connectivity index (χ1n) is 4.00. The van der Waals surface area contributed by atoms with E-state index in [-0.39, 0.29) is 0 Å². The highest BCUT2D eigenvalue weighted by Gasteiger charge is 1.87. The Bertz CT molecular complexity index is 121. The molecular weight excluding hydrogens is 158 g/mol. The van der Waals surface area contributed by atoms with Crippen LogP contribution in [0.5, 0.6) is 0 Å². The summed E-state index contributed by atoms with van der Waals surface area (Å²) in [5.41, 5.74) is 7.96. The maximum Gasteiger partial charge on any atom is 0.0265 e. The minimum Gasteiger partial charge on any atom is -0.162 e. The van der Waals surface area contributed by atoms with Crippen LogP contribution in [0.1, 0.15) is 26.2 Å². The molecule has 0 bridgehead atoms. The summed E-state index contributed by atoms with van der Waals surface area (Å²) < 4.78 is 0. The maximum absolute atomic E-state index is 7.96. The van der Waals surface area contributed by atoms with Crippen LogP contribution < -0.4 is 0 Å². The van der Waals surface area contributed by atoms with E-state index >= 15 is 0 Å². The van der Waals surface area contributed by atoms with E-state index in [9.17, 15) is 0 Å². The number of thioether (sulfide) groups is 1. The lowest BCUT2D eigenvalue weighted by atomic mass is 10.4. The molecule has 0 unspecified atom stereocenters. The van der Waals surface area contributed by atoms with Crippen molar-refractivity contribution in [3.63, 3.8) is 0 Å².